The predicted octanol–water partition coefficient (Wildman–Crippen LogP) is 5.37. The highest BCUT2D eigenvalue weighted by Crippen LogP contribution is 2.31. The van der Waals surface area contributed by atoms with Crippen molar-refractivity contribution in [2.24, 2.45) is 0 Å². The number of carbonyl (C=O) groups is 1. The third-order valence-corrected chi connectivity index (χ3v) is 5.25. The fraction of sp³-hybridized carbons (Fsp3) is 0.0800. The summed E-state index contributed by atoms with van der Waals surface area (Å²) in [5.41, 5.74) is 2.52. The van der Waals surface area contributed by atoms with Gasteiger partial charge in [-0.2, -0.15) is 0 Å². The summed E-state index contributed by atoms with van der Waals surface area (Å²) in [6, 6.07) is 15.3. The summed E-state index contributed by atoms with van der Waals surface area (Å²) in [5.74, 6) is -0.800. The van der Waals surface area contributed by atoms with E-state index >= 15 is 0 Å². The molecule has 0 radical (unpaired) electrons. The van der Waals surface area contributed by atoms with Crippen LogP contribution in [0.15, 0.2) is 75.9 Å². The Hall–Kier alpha value is -4.53. The number of nitrogens with zero attached hydrogens (tertiary/aromatic N) is 2. The highest BCUT2D eigenvalue weighted by molar-refractivity contribution is 6.00. The van der Waals surface area contributed by atoms with Gasteiger partial charge in [0.15, 0.2) is 5.58 Å². The number of carbonyl (C=O) groups excluding carboxylic acids is 1. The molecule has 0 saturated carbocycles. The molecule has 0 aliphatic rings. The summed E-state index contributed by atoms with van der Waals surface area (Å²) in [6.45, 7) is -0.0906. The van der Waals surface area contributed by atoms with Crippen molar-refractivity contribution in [2.45, 2.75) is 6.54 Å². The molecule has 5 aromatic rings. The summed E-state index contributed by atoms with van der Waals surface area (Å²) < 4.78 is 43.2. The molecule has 3 aromatic carbocycles. The highest BCUT2D eigenvalue weighted by atomic mass is 19.1. The van der Waals surface area contributed by atoms with Gasteiger partial charge >= 0.3 is 0 Å². The van der Waals surface area contributed by atoms with E-state index in [1.54, 1.807) is 31.4 Å². The van der Waals surface area contributed by atoms with Crippen LogP contribution in [-0.2, 0) is 6.54 Å². The number of oxazole rings is 1. The number of aromatic nitrogens is 2. The summed E-state index contributed by atoms with van der Waals surface area (Å²) in [7, 11) is 1.57. The first kappa shape index (κ1) is 21.3. The van der Waals surface area contributed by atoms with Crippen molar-refractivity contribution < 1.29 is 27.3 Å². The second-order valence-electron chi connectivity index (χ2n) is 7.43. The van der Waals surface area contributed by atoms with Crippen LogP contribution in [0.5, 0.6) is 5.75 Å². The quantitative estimate of drug-likeness (QED) is 0.366. The molecule has 0 aliphatic carbocycles. The van der Waals surface area contributed by atoms with Gasteiger partial charge < -0.3 is 19.0 Å². The van der Waals surface area contributed by atoms with Crippen LogP contribution in [0, 0.1) is 11.6 Å². The number of hydrogen-bond acceptors (Lipinski definition) is 6. The Labute approximate surface area is 192 Å². The van der Waals surface area contributed by atoms with Crippen molar-refractivity contribution in [1.29, 1.82) is 0 Å². The lowest BCUT2D eigenvalue weighted by Gasteiger charge is -2.06. The molecule has 34 heavy (non-hydrogen) atoms. The molecule has 0 spiro atoms. The van der Waals surface area contributed by atoms with Crippen LogP contribution in [0.25, 0.3) is 33.8 Å². The van der Waals surface area contributed by atoms with Crippen LogP contribution in [0.2, 0.25) is 0 Å². The maximum Gasteiger partial charge on any atom is 0.251 e. The molecule has 1 amide bonds. The van der Waals surface area contributed by atoms with Gasteiger partial charge in [-0.3, -0.25) is 4.79 Å². The van der Waals surface area contributed by atoms with Crippen LogP contribution < -0.4 is 10.1 Å². The Morgan fingerprint density at radius 2 is 1.97 bits per heavy atom. The Morgan fingerprint density at radius 3 is 2.79 bits per heavy atom. The zero-order valence-electron chi connectivity index (χ0n) is 17.8. The minimum absolute atomic E-state index is 0.0906. The highest BCUT2D eigenvalue weighted by Gasteiger charge is 2.18. The monoisotopic (exact) mass is 461 g/mol. The minimum atomic E-state index is -0.727. The molecule has 170 valence electrons. The zero-order valence-corrected chi connectivity index (χ0v) is 17.8. The number of methoxy groups -OCH3 is 1. The van der Waals surface area contributed by atoms with Crippen molar-refractivity contribution in [1.82, 2.24) is 15.5 Å². The van der Waals surface area contributed by atoms with Crippen LogP contribution in [0.4, 0.5) is 8.78 Å². The van der Waals surface area contributed by atoms with Crippen LogP contribution in [0.1, 0.15) is 15.9 Å². The van der Waals surface area contributed by atoms with E-state index in [9.17, 15) is 13.6 Å². The third-order valence-electron chi connectivity index (χ3n) is 5.25. The fourth-order valence-electron chi connectivity index (χ4n) is 3.48. The van der Waals surface area contributed by atoms with Crippen molar-refractivity contribution in [3.8, 4) is 28.6 Å². The van der Waals surface area contributed by atoms with Crippen LogP contribution in [0.3, 0.4) is 0 Å². The molecule has 1 N–H and O–H groups in total. The van der Waals surface area contributed by atoms with E-state index in [1.807, 2.05) is 18.2 Å². The summed E-state index contributed by atoms with van der Waals surface area (Å²) in [6.07, 6.45) is 1.45. The number of benzene rings is 3. The van der Waals surface area contributed by atoms with Gasteiger partial charge in [-0.05, 0) is 42.5 Å². The van der Waals surface area contributed by atoms with E-state index in [0.29, 0.717) is 39.6 Å². The van der Waals surface area contributed by atoms with Crippen LogP contribution >= 0.6 is 0 Å². The first-order chi connectivity index (χ1) is 16.5. The molecule has 0 unspecified atom stereocenters. The smallest absolute Gasteiger partial charge is 0.251 e. The van der Waals surface area contributed by atoms with Crippen molar-refractivity contribution in [3.63, 3.8) is 0 Å². The van der Waals surface area contributed by atoms with E-state index in [1.165, 1.54) is 12.3 Å². The van der Waals surface area contributed by atoms with E-state index in [-0.39, 0.29) is 12.1 Å². The molecule has 9 heteroatoms. The Balaban J connectivity index is 1.40. The molecule has 0 saturated heterocycles. The SMILES string of the molecule is COc1cccc(-c2nc(-c3noc4ccc(C(=O)NCc5ccc(F)cc5F)cc34)co2)c1. The standard InChI is InChI=1S/C25H17F2N3O4/c1-32-18-4-2-3-15(9-18)25-29-21(13-33-25)23-19-10-14(6-8-22(19)34-30-23)24(31)28-12-16-5-7-17(26)11-20(16)27/h2-11,13H,12H2,1H3,(H,28,31). The number of nitrogens with one attached hydrogen (secondary N) is 1. The molecule has 0 fully saturated rings. The molecule has 2 aromatic heterocycles. The number of ether oxygens (including phenoxy) is 1. The van der Waals surface area contributed by atoms with Gasteiger partial charge in [0.1, 0.15) is 35.0 Å². The van der Waals surface area contributed by atoms with Crippen LogP contribution in [-0.4, -0.2) is 23.2 Å². The summed E-state index contributed by atoms with van der Waals surface area (Å²) >= 11 is 0. The van der Waals surface area contributed by atoms with E-state index in [2.05, 4.69) is 15.5 Å². The van der Waals surface area contributed by atoms with Crippen molar-refractivity contribution in [3.05, 3.63) is 89.7 Å². The minimum Gasteiger partial charge on any atom is -0.497 e. The van der Waals surface area contributed by atoms with E-state index < -0.39 is 17.5 Å². The van der Waals surface area contributed by atoms with Crippen molar-refractivity contribution in [2.75, 3.05) is 7.11 Å². The zero-order chi connectivity index (χ0) is 23.7. The second-order valence-corrected chi connectivity index (χ2v) is 7.43. The number of hydrogen-bond donors (Lipinski definition) is 1. The van der Waals surface area contributed by atoms with E-state index in [0.717, 1.165) is 17.7 Å². The second kappa shape index (κ2) is 8.78. The van der Waals surface area contributed by atoms with Gasteiger partial charge in [0.25, 0.3) is 5.91 Å². The Kier molecular flexibility index (Phi) is 5.51. The third kappa shape index (κ3) is 4.11. The average Bonchev–Trinajstić information content (AvgIpc) is 3.50. The Morgan fingerprint density at radius 1 is 1.09 bits per heavy atom. The lowest BCUT2D eigenvalue weighted by molar-refractivity contribution is 0.0950. The number of halogens is 2. The maximum atomic E-state index is 13.8. The number of amides is 1. The lowest BCUT2D eigenvalue weighted by Crippen LogP contribution is -2.23. The molecule has 0 aliphatic heterocycles. The molecule has 2 heterocycles. The molecular formula is C25H17F2N3O4. The molecule has 7 nitrogen and oxygen atoms in total. The van der Waals surface area contributed by atoms with Gasteiger partial charge in [-0.25, -0.2) is 13.8 Å². The fourth-order valence-corrected chi connectivity index (χ4v) is 3.48. The molecule has 0 atom stereocenters. The van der Waals surface area contributed by atoms with E-state index in [4.69, 9.17) is 13.7 Å². The molecular weight excluding hydrogens is 444 g/mol. The van der Waals surface area contributed by atoms with Gasteiger partial charge in [0.2, 0.25) is 5.89 Å². The predicted molar refractivity (Wildman–Crippen MR) is 119 cm³/mol. The maximum absolute atomic E-state index is 13.8. The van der Waals surface area contributed by atoms with Gasteiger partial charge in [-0.15, -0.1) is 0 Å². The topological polar surface area (TPSA) is 90.4 Å². The normalized spacial score (nSPS) is 11.0. The van der Waals surface area contributed by atoms with Gasteiger partial charge in [-0.1, -0.05) is 17.3 Å². The van der Waals surface area contributed by atoms with Crippen molar-refractivity contribution >= 4 is 16.9 Å². The molecule has 5 rings (SSSR count). The molecule has 0 bridgehead atoms. The summed E-state index contributed by atoms with van der Waals surface area (Å²) in [4.78, 5) is 17.2. The summed E-state index contributed by atoms with van der Waals surface area (Å²) in [5, 5.41) is 7.27. The Bertz CT molecular complexity index is 1510. The largest absolute Gasteiger partial charge is 0.497 e. The first-order valence-electron chi connectivity index (χ1n) is 10.2. The first-order valence-corrected chi connectivity index (χ1v) is 10.2. The number of rotatable bonds is 6. The number of fused-ring (bicyclic) bond motifs is 1. The average molecular weight is 461 g/mol. The van der Waals surface area contributed by atoms with Gasteiger partial charge in [0.05, 0.1) is 12.5 Å². The lowest BCUT2D eigenvalue weighted by atomic mass is 10.1. The van der Waals surface area contributed by atoms with Gasteiger partial charge in [0, 0.05) is 29.3 Å².